The van der Waals surface area contributed by atoms with Crippen LogP contribution in [0.25, 0.3) is 0 Å². The maximum Gasteiger partial charge on any atom is 0.167 e. The van der Waals surface area contributed by atoms with Crippen molar-refractivity contribution < 1.29 is 0 Å². The van der Waals surface area contributed by atoms with Crippen molar-refractivity contribution in [1.82, 2.24) is 25.0 Å². The first-order chi connectivity index (χ1) is 6.75. The van der Waals surface area contributed by atoms with Crippen LogP contribution in [0.4, 0.5) is 0 Å². The molecule has 6 heteroatoms. The Kier molecular flexibility index (Phi) is 2.28. The second kappa shape index (κ2) is 3.59. The van der Waals surface area contributed by atoms with Gasteiger partial charge in [0.1, 0.15) is 12.4 Å². The quantitative estimate of drug-likeness (QED) is 0.720. The third-order valence-electron chi connectivity index (χ3n) is 1.83. The van der Waals surface area contributed by atoms with E-state index in [9.17, 15) is 0 Å². The standard InChI is InChI=1S/C8H12N6/c1-6(9)8-11-7(12-13-8)5-14-4-2-3-10-14/h2-4,6H,5,9H2,1H3,(H,11,12,13)/t6-/m1/s1. The van der Waals surface area contributed by atoms with Crippen LogP contribution in [0.5, 0.6) is 0 Å². The van der Waals surface area contributed by atoms with Crippen molar-refractivity contribution >= 4 is 0 Å². The first-order valence-corrected chi connectivity index (χ1v) is 4.40. The fourth-order valence-electron chi connectivity index (χ4n) is 1.13. The molecular formula is C8H12N6. The van der Waals surface area contributed by atoms with Gasteiger partial charge in [-0.3, -0.25) is 9.78 Å². The number of aromatic amines is 1. The van der Waals surface area contributed by atoms with Gasteiger partial charge < -0.3 is 5.73 Å². The van der Waals surface area contributed by atoms with E-state index in [1.165, 1.54) is 0 Å². The molecule has 2 heterocycles. The maximum absolute atomic E-state index is 5.63. The smallest absolute Gasteiger partial charge is 0.167 e. The molecule has 0 radical (unpaired) electrons. The molecule has 0 aliphatic heterocycles. The van der Waals surface area contributed by atoms with E-state index >= 15 is 0 Å². The molecule has 0 saturated carbocycles. The molecule has 2 rings (SSSR count). The summed E-state index contributed by atoms with van der Waals surface area (Å²) in [7, 11) is 0. The monoisotopic (exact) mass is 192 g/mol. The number of nitrogens with zero attached hydrogens (tertiary/aromatic N) is 4. The highest BCUT2D eigenvalue weighted by molar-refractivity contribution is 4.95. The van der Waals surface area contributed by atoms with Crippen molar-refractivity contribution in [3.8, 4) is 0 Å². The molecule has 74 valence electrons. The van der Waals surface area contributed by atoms with Crippen LogP contribution in [-0.4, -0.2) is 25.0 Å². The molecular weight excluding hydrogens is 180 g/mol. The van der Waals surface area contributed by atoms with Gasteiger partial charge in [0.15, 0.2) is 5.82 Å². The van der Waals surface area contributed by atoms with Gasteiger partial charge in [-0.05, 0) is 13.0 Å². The Morgan fingerprint density at radius 2 is 2.50 bits per heavy atom. The lowest BCUT2D eigenvalue weighted by Gasteiger charge is -1.96. The predicted octanol–water partition coefficient (Wildman–Crippen LogP) is 0.0692. The van der Waals surface area contributed by atoms with Crippen molar-refractivity contribution in [2.45, 2.75) is 19.5 Å². The van der Waals surface area contributed by atoms with Crippen LogP contribution >= 0.6 is 0 Å². The molecule has 0 aliphatic rings. The lowest BCUT2D eigenvalue weighted by Crippen LogP contribution is -2.07. The van der Waals surface area contributed by atoms with Crippen molar-refractivity contribution in [2.75, 3.05) is 0 Å². The Hall–Kier alpha value is -1.69. The number of hydrogen-bond acceptors (Lipinski definition) is 4. The normalized spacial score (nSPS) is 13.0. The summed E-state index contributed by atoms with van der Waals surface area (Å²) >= 11 is 0. The number of H-pyrrole nitrogens is 1. The molecule has 0 bridgehead atoms. The zero-order valence-corrected chi connectivity index (χ0v) is 7.88. The number of aromatic nitrogens is 5. The van der Waals surface area contributed by atoms with Crippen molar-refractivity contribution in [3.05, 3.63) is 30.1 Å². The van der Waals surface area contributed by atoms with Gasteiger partial charge in [-0.1, -0.05) is 0 Å². The summed E-state index contributed by atoms with van der Waals surface area (Å²) in [5.41, 5.74) is 5.63. The Morgan fingerprint density at radius 3 is 3.07 bits per heavy atom. The van der Waals surface area contributed by atoms with Gasteiger partial charge in [0.2, 0.25) is 0 Å². The molecule has 2 aromatic heterocycles. The van der Waals surface area contributed by atoms with Crippen LogP contribution in [0.1, 0.15) is 24.6 Å². The van der Waals surface area contributed by atoms with Crippen molar-refractivity contribution in [1.29, 1.82) is 0 Å². The fraction of sp³-hybridized carbons (Fsp3) is 0.375. The molecule has 3 N–H and O–H groups in total. The summed E-state index contributed by atoms with van der Waals surface area (Å²) in [6.07, 6.45) is 3.59. The van der Waals surface area contributed by atoms with Crippen molar-refractivity contribution in [3.63, 3.8) is 0 Å². The average Bonchev–Trinajstić information content (AvgIpc) is 2.75. The van der Waals surface area contributed by atoms with E-state index in [0.29, 0.717) is 12.4 Å². The van der Waals surface area contributed by atoms with Gasteiger partial charge in [0.05, 0.1) is 6.04 Å². The largest absolute Gasteiger partial charge is 0.321 e. The molecule has 2 aromatic rings. The summed E-state index contributed by atoms with van der Waals surface area (Å²) in [6, 6.07) is 1.72. The number of rotatable bonds is 3. The lowest BCUT2D eigenvalue weighted by atomic mass is 10.3. The Balaban J connectivity index is 2.11. The highest BCUT2D eigenvalue weighted by Gasteiger charge is 2.07. The zero-order valence-electron chi connectivity index (χ0n) is 7.88. The van der Waals surface area contributed by atoms with Gasteiger partial charge in [-0.25, -0.2) is 4.98 Å². The second-order valence-corrected chi connectivity index (χ2v) is 3.13. The van der Waals surface area contributed by atoms with E-state index < -0.39 is 0 Å². The maximum atomic E-state index is 5.63. The molecule has 0 unspecified atom stereocenters. The molecule has 0 aromatic carbocycles. The van der Waals surface area contributed by atoms with Crippen molar-refractivity contribution in [2.24, 2.45) is 5.73 Å². The topological polar surface area (TPSA) is 85.4 Å². The molecule has 0 amide bonds. The highest BCUT2D eigenvalue weighted by Crippen LogP contribution is 2.02. The van der Waals surface area contributed by atoms with E-state index in [-0.39, 0.29) is 6.04 Å². The molecule has 1 atom stereocenters. The average molecular weight is 192 g/mol. The van der Waals surface area contributed by atoms with Gasteiger partial charge in [0.25, 0.3) is 0 Å². The molecule has 0 aliphatic carbocycles. The summed E-state index contributed by atoms with van der Waals surface area (Å²) in [6.45, 7) is 2.44. The minimum atomic E-state index is -0.141. The van der Waals surface area contributed by atoms with Crippen LogP contribution in [0.3, 0.4) is 0 Å². The summed E-state index contributed by atoms with van der Waals surface area (Å²) < 4.78 is 1.77. The molecule has 0 fully saturated rings. The van der Waals surface area contributed by atoms with Gasteiger partial charge in [-0.15, -0.1) is 0 Å². The molecule has 14 heavy (non-hydrogen) atoms. The first kappa shape index (κ1) is 8.89. The first-order valence-electron chi connectivity index (χ1n) is 4.40. The van der Waals surface area contributed by atoms with Gasteiger partial charge >= 0.3 is 0 Å². The van der Waals surface area contributed by atoms with E-state index in [1.807, 2.05) is 19.2 Å². The molecule has 0 spiro atoms. The van der Waals surface area contributed by atoms with Crippen LogP contribution in [0, 0.1) is 0 Å². The van der Waals surface area contributed by atoms with E-state index in [0.717, 1.165) is 5.82 Å². The number of nitrogens with two attached hydrogens (primary N) is 1. The van der Waals surface area contributed by atoms with Gasteiger partial charge in [0, 0.05) is 12.4 Å². The van der Waals surface area contributed by atoms with Crippen LogP contribution in [-0.2, 0) is 6.54 Å². The molecule has 0 saturated heterocycles. The lowest BCUT2D eigenvalue weighted by molar-refractivity contribution is 0.656. The number of nitrogens with one attached hydrogen (secondary N) is 1. The second-order valence-electron chi connectivity index (χ2n) is 3.13. The minimum Gasteiger partial charge on any atom is -0.321 e. The van der Waals surface area contributed by atoms with E-state index in [2.05, 4.69) is 20.3 Å². The SMILES string of the molecule is C[C@@H](N)c1n[nH]c(Cn2cccn2)n1. The van der Waals surface area contributed by atoms with Crippen LogP contribution < -0.4 is 5.73 Å². The Bertz CT molecular complexity index is 388. The summed E-state index contributed by atoms with van der Waals surface area (Å²) in [4.78, 5) is 4.23. The third kappa shape index (κ3) is 1.80. The summed E-state index contributed by atoms with van der Waals surface area (Å²) in [5.74, 6) is 1.40. The molecule has 6 nitrogen and oxygen atoms in total. The van der Waals surface area contributed by atoms with Crippen LogP contribution in [0.2, 0.25) is 0 Å². The van der Waals surface area contributed by atoms with E-state index in [1.54, 1.807) is 10.9 Å². The zero-order chi connectivity index (χ0) is 9.97. The number of hydrogen-bond donors (Lipinski definition) is 2. The van der Waals surface area contributed by atoms with Crippen LogP contribution in [0.15, 0.2) is 18.5 Å². The highest BCUT2D eigenvalue weighted by atomic mass is 15.3. The summed E-state index contributed by atoms with van der Waals surface area (Å²) in [5, 5.41) is 10.9. The van der Waals surface area contributed by atoms with E-state index in [4.69, 9.17) is 5.73 Å². The predicted molar refractivity (Wildman–Crippen MR) is 50.3 cm³/mol. The Labute approximate surface area is 81.1 Å². The van der Waals surface area contributed by atoms with Gasteiger partial charge in [-0.2, -0.15) is 10.2 Å². The Morgan fingerprint density at radius 1 is 1.64 bits per heavy atom. The minimum absolute atomic E-state index is 0.141. The fourth-order valence-corrected chi connectivity index (χ4v) is 1.13. The third-order valence-corrected chi connectivity index (χ3v) is 1.83.